The van der Waals surface area contributed by atoms with Crippen LogP contribution in [0.2, 0.25) is 0 Å². The summed E-state index contributed by atoms with van der Waals surface area (Å²) in [5, 5.41) is 11.4. The molecule has 2 aromatic rings. The third-order valence-electron chi connectivity index (χ3n) is 2.49. The van der Waals surface area contributed by atoms with Crippen LogP contribution in [-0.4, -0.2) is 17.0 Å². The summed E-state index contributed by atoms with van der Waals surface area (Å²) in [5.74, 6) is -1.67. The largest absolute Gasteiger partial charge is 0.478 e. The zero-order valence-corrected chi connectivity index (χ0v) is 11.5. The number of halogens is 1. The first-order valence-electron chi connectivity index (χ1n) is 5.36. The van der Waals surface area contributed by atoms with Crippen LogP contribution < -0.4 is 5.32 Å². The van der Waals surface area contributed by atoms with E-state index in [2.05, 4.69) is 21.2 Å². The molecule has 0 saturated carbocycles. The van der Waals surface area contributed by atoms with Crippen LogP contribution in [0, 0.1) is 6.92 Å². The lowest BCUT2D eigenvalue weighted by molar-refractivity contribution is 0.0696. The molecule has 5 nitrogen and oxygen atoms in total. The van der Waals surface area contributed by atoms with Crippen molar-refractivity contribution >= 4 is 33.5 Å². The Morgan fingerprint density at radius 2 is 2.05 bits per heavy atom. The second kappa shape index (κ2) is 5.27. The van der Waals surface area contributed by atoms with E-state index in [1.165, 1.54) is 6.07 Å². The minimum Gasteiger partial charge on any atom is -0.478 e. The van der Waals surface area contributed by atoms with Crippen LogP contribution in [0.25, 0.3) is 0 Å². The number of aryl methyl sites for hydroxylation is 1. The van der Waals surface area contributed by atoms with Crippen LogP contribution in [0.1, 0.15) is 26.5 Å². The van der Waals surface area contributed by atoms with Gasteiger partial charge in [-0.15, -0.1) is 0 Å². The van der Waals surface area contributed by atoms with Crippen LogP contribution in [-0.2, 0) is 0 Å². The number of rotatable bonds is 3. The monoisotopic (exact) mass is 323 g/mol. The van der Waals surface area contributed by atoms with Crippen LogP contribution >= 0.6 is 15.9 Å². The van der Waals surface area contributed by atoms with Crippen molar-refractivity contribution in [3.63, 3.8) is 0 Å². The van der Waals surface area contributed by atoms with Crippen molar-refractivity contribution in [3.8, 4) is 0 Å². The third kappa shape index (κ3) is 3.03. The number of hydrogen-bond donors (Lipinski definition) is 2. The standard InChI is InChI=1S/C13H10BrNO4/c1-7-4-9(2-3-10(7)14)15-12(16)11-5-8(6-19-11)13(17)18/h2-6H,1H3,(H,15,16)(H,17,18). The van der Waals surface area contributed by atoms with Gasteiger partial charge in [0.25, 0.3) is 5.91 Å². The number of anilines is 1. The molecule has 98 valence electrons. The predicted molar refractivity (Wildman–Crippen MR) is 72.5 cm³/mol. The normalized spacial score (nSPS) is 10.2. The van der Waals surface area contributed by atoms with E-state index in [1.807, 2.05) is 13.0 Å². The van der Waals surface area contributed by atoms with Crippen molar-refractivity contribution in [1.29, 1.82) is 0 Å². The number of carboxylic acids is 1. The summed E-state index contributed by atoms with van der Waals surface area (Å²) < 4.78 is 5.85. The first-order valence-corrected chi connectivity index (χ1v) is 6.16. The minimum atomic E-state index is -1.14. The molecule has 2 N–H and O–H groups in total. The van der Waals surface area contributed by atoms with Gasteiger partial charge in [-0.3, -0.25) is 4.79 Å². The number of carbonyl (C=O) groups is 2. The highest BCUT2D eigenvalue weighted by Crippen LogP contribution is 2.20. The average Bonchev–Trinajstić information content (AvgIpc) is 2.83. The van der Waals surface area contributed by atoms with E-state index in [-0.39, 0.29) is 11.3 Å². The molecule has 0 unspecified atom stereocenters. The summed E-state index contributed by atoms with van der Waals surface area (Å²) in [4.78, 5) is 22.5. The molecule has 6 heteroatoms. The summed E-state index contributed by atoms with van der Waals surface area (Å²) in [6, 6.07) is 6.53. The van der Waals surface area contributed by atoms with Crippen LogP contribution in [0.4, 0.5) is 5.69 Å². The lowest BCUT2D eigenvalue weighted by Crippen LogP contribution is -2.11. The van der Waals surface area contributed by atoms with E-state index < -0.39 is 11.9 Å². The molecule has 0 radical (unpaired) electrons. The van der Waals surface area contributed by atoms with E-state index in [1.54, 1.807) is 12.1 Å². The van der Waals surface area contributed by atoms with Crippen LogP contribution in [0.15, 0.2) is 39.4 Å². The van der Waals surface area contributed by atoms with Gasteiger partial charge < -0.3 is 14.8 Å². The van der Waals surface area contributed by atoms with Gasteiger partial charge in [0, 0.05) is 16.2 Å². The highest BCUT2D eigenvalue weighted by molar-refractivity contribution is 9.10. The summed E-state index contributed by atoms with van der Waals surface area (Å²) in [6.07, 6.45) is 1.03. The molecule has 0 fully saturated rings. The van der Waals surface area contributed by atoms with Gasteiger partial charge in [0.05, 0.1) is 5.56 Å². The molecule has 1 aromatic carbocycles. The zero-order chi connectivity index (χ0) is 14.0. The van der Waals surface area contributed by atoms with Crippen LogP contribution in [0.3, 0.4) is 0 Å². The number of carbonyl (C=O) groups excluding carboxylic acids is 1. The quantitative estimate of drug-likeness (QED) is 0.908. The summed E-state index contributed by atoms with van der Waals surface area (Å²) in [5.41, 5.74) is 1.53. The van der Waals surface area contributed by atoms with Gasteiger partial charge in [0.2, 0.25) is 0 Å². The van der Waals surface area contributed by atoms with Crippen molar-refractivity contribution in [1.82, 2.24) is 0 Å². The van der Waals surface area contributed by atoms with E-state index >= 15 is 0 Å². The summed E-state index contributed by atoms with van der Waals surface area (Å²) in [7, 11) is 0. The van der Waals surface area contributed by atoms with E-state index in [4.69, 9.17) is 9.52 Å². The van der Waals surface area contributed by atoms with Gasteiger partial charge >= 0.3 is 5.97 Å². The maximum atomic E-state index is 11.8. The molecule has 2 rings (SSSR count). The minimum absolute atomic E-state index is 0.0435. The van der Waals surface area contributed by atoms with Crippen molar-refractivity contribution in [2.75, 3.05) is 5.32 Å². The van der Waals surface area contributed by atoms with Crippen LogP contribution in [0.5, 0.6) is 0 Å². The Labute approximate surface area is 117 Å². The first kappa shape index (κ1) is 13.4. The fourth-order valence-corrected chi connectivity index (χ4v) is 1.73. The molecule has 19 heavy (non-hydrogen) atoms. The Morgan fingerprint density at radius 3 is 2.63 bits per heavy atom. The van der Waals surface area contributed by atoms with E-state index in [9.17, 15) is 9.59 Å². The predicted octanol–water partition coefficient (Wildman–Crippen LogP) is 3.30. The highest BCUT2D eigenvalue weighted by atomic mass is 79.9. The van der Waals surface area contributed by atoms with Crippen molar-refractivity contribution in [3.05, 3.63) is 51.9 Å². The lowest BCUT2D eigenvalue weighted by Gasteiger charge is -2.05. The Balaban J connectivity index is 2.15. The van der Waals surface area contributed by atoms with E-state index in [0.29, 0.717) is 5.69 Å². The van der Waals surface area contributed by atoms with Gasteiger partial charge in [-0.2, -0.15) is 0 Å². The van der Waals surface area contributed by atoms with E-state index in [0.717, 1.165) is 16.3 Å². The molecular formula is C13H10BrNO4. The van der Waals surface area contributed by atoms with Gasteiger partial charge in [0.1, 0.15) is 6.26 Å². The number of furan rings is 1. The molecule has 1 aromatic heterocycles. The molecule has 0 aliphatic rings. The first-order chi connectivity index (χ1) is 8.97. The molecule has 1 heterocycles. The third-order valence-corrected chi connectivity index (χ3v) is 3.38. The molecular weight excluding hydrogens is 314 g/mol. The Hall–Kier alpha value is -2.08. The second-order valence-corrected chi connectivity index (χ2v) is 4.78. The topological polar surface area (TPSA) is 79.5 Å². The zero-order valence-electron chi connectivity index (χ0n) is 9.94. The highest BCUT2D eigenvalue weighted by Gasteiger charge is 2.14. The Morgan fingerprint density at radius 1 is 1.32 bits per heavy atom. The van der Waals surface area contributed by atoms with Gasteiger partial charge in [-0.1, -0.05) is 15.9 Å². The van der Waals surface area contributed by atoms with Crippen molar-refractivity contribution in [2.24, 2.45) is 0 Å². The Kier molecular flexibility index (Phi) is 3.71. The lowest BCUT2D eigenvalue weighted by atomic mass is 10.2. The maximum absolute atomic E-state index is 11.8. The number of benzene rings is 1. The molecule has 0 aliphatic heterocycles. The SMILES string of the molecule is Cc1cc(NC(=O)c2cc(C(=O)O)co2)ccc1Br. The summed E-state index contributed by atoms with van der Waals surface area (Å²) in [6.45, 7) is 1.90. The number of aromatic carboxylic acids is 1. The molecule has 0 saturated heterocycles. The second-order valence-electron chi connectivity index (χ2n) is 3.92. The number of hydrogen-bond acceptors (Lipinski definition) is 3. The molecule has 0 aliphatic carbocycles. The van der Waals surface area contributed by atoms with Gasteiger partial charge in [0.15, 0.2) is 5.76 Å². The molecule has 0 atom stereocenters. The molecule has 0 bridgehead atoms. The smallest absolute Gasteiger partial charge is 0.338 e. The fourth-order valence-electron chi connectivity index (χ4n) is 1.48. The van der Waals surface area contributed by atoms with Gasteiger partial charge in [-0.05, 0) is 30.7 Å². The Bertz CT molecular complexity index is 648. The molecule has 1 amide bonds. The van der Waals surface area contributed by atoms with Crippen molar-refractivity contribution in [2.45, 2.75) is 6.92 Å². The van der Waals surface area contributed by atoms with Gasteiger partial charge in [-0.25, -0.2) is 4.79 Å². The average molecular weight is 324 g/mol. The number of amides is 1. The maximum Gasteiger partial charge on any atom is 0.338 e. The summed E-state index contributed by atoms with van der Waals surface area (Å²) >= 11 is 3.36. The molecule has 0 spiro atoms. The van der Waals surface area contributed by atoms with Crippen molar-refractivity contribution < 1.29 is 19.1 Å². The number of carboxylic acid groups (broad SMARTS) is 1. The number of nitrogens with one attached hydrogen (secondary N) is 1. The fraction of sp³-hybridized carbons (Fsp3) is 0.0769.